The lowest BCUT2D eigenvalue weighted by molar-refractivity contribution is 0.314. The molecule has 5 heteroatoms. The summed E-state index contributed by atoms with van der Waals surface area (Å²) < 4.78 is 15.4. The van der Waals surface area contributed by atoms with Crippen LogP contribution in [0.15, 0.2) is 43.5 Å². The number of aromatic nitrogens is 2. The van der Waals surface area contributed by atoms with E-state index in [0.29, 0.717) is 25.2 Å². The van der Waals surface area contributed by atoms with E-state index in [0.717, 1.165) is 24.4 Å². The average molecular weight is 288 g/mol. The van der Waals surface area contributed by atoms with Gasteiger partial charge in [-0.1, -0.05) is 12.2 Å². The molecule has 2 rings (SSSR count). The van der Waals surface area contributed by atoms with E-state index in [2.05, 4.69) is 23.0 Å². The van der Waals surface area contributed by atoms with Crippen LogP contribution in [0.5, 0.6) is 0 Å². The van der Waals surface area contributed by atoms with Crippen molar-refractivity contribution >= 4 is 11.0 Å². The summed E-state index contributed by atoms with van der Waals surface area (Å²) in [5.74, 6) is 0.602. The second-order valence-electron chi connectivity index (χ2n) is 4.87. The van der Waals surface area contributed by atoms with Crippen molar-refractivity contribution in [2.45, 2.75) is 13.1 Å². The Morgan fingerprint density at radius 1 is 1.29 bits per heavy atom. The van der Waals surface area contributed by atoms with E-state index in [1.165, 1.54) is 12.1 Å². The first-order valence-electron chi connectivity index (χ1n) is 6.98. The summed E-state index contributed by atoms with van der Waals surface area (Å²) in [5.41, 5.74) is 7.26. The van der Waals surface area contributed by atoms with Gasteiger partial charge < -0.3 is 10.3 Å². The number of imidazole rings is 1. The number of hydrogen-bond acceptors (Lipinski definition) is 3. The summed E-state index contributed by atoms with van der Waals surface area (Å²) in [5, 5.41) is 0. The summed E-state index contributed by atoms with van der Waals surface area (Å²) in [6.45, 7) is 10.8. The molecule has 4 nitrogen and oxygen atoms in total. The van der Waals surface area contributed by atoms with Gasteiger partial charge in [-0.2, -0.15) is 0 Å². The second-order valence-corrected chi connectivity index (χ2v) is 4.87. The lowest BCUT2D eigenvalue weighted by Crippen LogP contribution is -2.26. The van der Waals surface area contributed by atoms with E-state index in [1.54, 1.807) is 6.07 Å². The van der Waals surface area contributed by atoms with Gasteiger partial charge in [-0.3, -0.25) is 4.90 Å². The molecule has 21 heavy (non-hydrogen) atoms. The Hall–Kier alpha value is -1.98. The highest BCUT2D eigenvalue weighted by molar-refractivity contribution is 5.76. The number of rotatable bonds is 8. The van der Waals surface area contributed by atoms with Gasteiger partial charge in [0, 0.05) is 32.2 Å². The Labute approximate surface area is 124 Å². The standard InChI is InChI=1S/C16H21FN4/c1-3-8-20(9-4-2)12-16-19-14-11-13(17)5-6-15(14)21(16)10-7-18/h3-6,11H,1-2,7-10,12,18H2. The van der Waals surface area contributed by atoms with Crippen LogP contribution < -0.4 is 5.73 Å². The smallest absolute Gasteiger partial charge is 0.125 e. The van der Waals surface area contributed by atoms with Gasteiger partial charge in [0.25, 0.3) is 0 Å². The van der Waals surface area contributed by atoms with Gasteiger partial charge in [-0.05, 0) is 12.1 Å². The van der Waals surface area contributed by atoms with Gasteiger partial charge in [0.1, 0.15) is 11.6 Å². The summed E-state index contributed by atoms with van der Waals surface area (Å²) in [7, 11) is 0. The van der Waals surface area contributed by atoms with Crippen molar-refractivity contribution in [1.29, 1.82) is 0 Å². The molecule has 1 aromatic heterocycles. The van der Waals surface area contributed by atoms with Gasteiger partial charge in [0.15, 0.2) is 0 Å². The van der Waals surface area contributed by atoms with E-state index < -0.39 is 0 Å². The lowest BCUT2D eigenvalue weighted by Gasteiger charge is -2.19. The molecule has 2 aromatic rings. The van der Waals surface area contributed by atoms with Crippen molar-refractivity contribution in [3.8, 4) is 0 Å². The summed E-state index contributed by atoms with van der Waals surface area (Å²) in [6.07, 6.45) is 3.69. The summed E-state index contributed by atoms with van der Waals surface area (Å²) in [4.78, 5) is 6.71. The average Bonchev–Trinajstić information content (AvgIpc) is 2.77. The monoisotopic (exact) mass is 288 g/mol. The lowest BCUT2D eigenvalue weighted by atomic mass is 10.3. The SMILES string of the molecule is C=CCN(CC=C)Cc1nc2cc(F)ccc2n1CCN. The number of halogens is 1. The predicted octanol–water partition coefficient (Wildman–Crippen LogP) is 2.31. The van der Waals surface area contributed by atoms with Crippen LogP contribution in [0.1, 0.15) is 5.82 Å². The molecule has 2 N–H and O–H groups in total. The van der Waals surface area contributed by atoms with E-state index in [4.69, 9.17) is 5.73 Å². The Bertz CT molecular complexity index is 622. The zero-order chi connectivity index (χ0) is 15.2. The highest BCUT2D eigenvalue weighted by Gasteiger charge is 2.13. The molecule has 0 saturated carbocycles. The number of nitrogens with two attached hydrogens (primary N) is 1. The molecular weight excluding hydrogens is 267 g/mol. The minimum absolute atomic E-state index is 0.277. The third kappa shape index (κ3) is 3.56. The summed E-state index contributed by atoms with van der Waals surface area (Å²) in [6, 6.07) is 4.66. The molecule has 0 unspecified atom stereocenters. The quantitative estimate of drug-likeness (QED) is 0.758. The molecule has 0 saturated heterocycles. The first-order valence-corrected chi connectivity index (χ1v) is 6.98. The molecule has 0 amide bonds. The highest BCUT2D eigenvalue weighted by atomic mass is 19.1. The Kier molecular flexibility index (Phi) is 5.25. The van der Waals surface area contributed by atoms with E-state index in [-0.39, 0.29) is 5.82 Å². The molecule has 0 aliphatic carbocycles. The Morgan fingerprint density at radius 3 is 2.62 bits per heavy atom. The van der Waals surface area contributed by atoms with Gasteiger partial charge in [0.05, 0.1) is 17.6 Å². The minimum Gasteiger partial charge on any atom is -0.329 e. The summed E-state index contributed by atoms with van der Waals surface area (Å²) >= 11 is 0. The van der Waals surface area contributed by atoms with Crippen molar-refractivity contribution in [3.63, 3.8) is 0 Å². The molecule has 0 bridgehead atoms. The van der Waals surface area contributed by atoms with Crippen LogP contribution in [0, 0.1) is 5.82 Å². The third-order valence-corrected chi connectivity index (χ3v) is 3.28. The fraction of sp³-hybridized carbons (Fsp3) is 0.312. The predicted molar refractivity (Wildman–Crippen MR) is 84.4 cm³/mol. The van der Waals surface area contributed by atoms with E-state index in [1.807, 2.05) is 16.7 Å². The first kappa shape index (κ1) is 15.4. The molecule has 0 fully saturated rings. The molecule has 112 valence electrons. The van der Waals surface area contributed by atoms with Gasteiger partial charge in [-0.15, -0.1) is 13.2 Å². The van der Waals surface area contributed by atoms with Crippen LogP contribution >= 0.6 is 0 Å². The number of hydrogen-bond donors (Lipinski definition) is 1. The van der Waals surface area contributed by atoms with E-state index >= 15 is 0 Å². The zero-order valence-electron chi connectivity index (χ0n) is 12.1. The molecular formula is C16H21FN4. The van der Waals surface area contributed by atoms with Crippen LogP contribution in [0.2, 0.25) is 0 Å². The fourth-order valence-corrected chi connectivity index (χ4v) is 2.42. The van der Waals surface area contributed by atoms with Crippen LogP contribution in [0.4, 0.5) is 4.39 Å². The maximum Gasteiger partial charge on any atom is 0.125 e. The Morgan fingerprint density at radius 2 is 2.00 bits per heavy atom. The van der Waals surface area contributed by atoms with Crippen LogP contribution in [0.3, 0.4) is 0 Å². The van der Waals surface area contributed by atoms with Crippen molar-refractivity contribution < 1.29 is 4.39 Å². The molecule has 0 atom stereocenters. The highest BCUT2D eigenvalue weighted by Crippen LogP contribution is 2.18. The molecule has 0 radical (unpaired) electrons. The largest absolute Gasteiger partial charge is 0.329 e. The van der Waals surface area contributed by atoms with Crippen molar-refractivity contribution in [2.24, 2.45) is 5.73 Å². The van der Waals surface area contributed by atoms with Crippen LogP contribution in [-0.4, -0.2) is 34.1 Å². The molecule has 0 spiro atoms. The molecule has 1 heterocycles. The molecule has 1 aromatic carbocycles. The van der Waals surface area contributed by atoms with Crippen molar-refractivity contribution in [2.75, 3.05) is 19.6 Å². The topological polar surface area (TPSA) is 47.1 Å². The molecule has 0 aliphatic rings. The maximum atomic E-state index is 13.4. The number of benzene rings is 1. The normalized spacial score (nSPS) is 11.2. The van der Waals surface area contributed by atoms with Gasteiger partial charge >= 0.3 is 0 Å². The number of fused-ring (bicyclic) bond motifs is 1. The van der Waals surface area contributed by atoms with E-state index in [9.17, 15) is 4.39 Å². The minimum atomic E-state index is -0.277. The number of nitrogens with zero attached hydrogens (tertiary/aromatic N) is 3. The van der Waals surface area contributed by atoms with Gasteiger partial charge in [-0.25, -0.2) is 9.37 Å². The van der Waals surface area contributed by atoms with Crippen LogP contribution in [0.25, 0.3) is 11.0 Å². The second kappa shape index (κ2) is 7.15. The fourth-order valence-electron chi connectivity index (χ4n) is 2.42. The third-order valence-electron chi connectivity index (χ3n) is 3.28. The van der Waals surface area contributed by atoms with Gasteiger partial charge in [0.2, 0.25) is 0 Å². The first-order chi connectivity index (χ1) is 10.2. The Balaban J connectivity index is 2.38. The van der Waals surface area contributed by atoms with Crippen molar-refractivity contribution in [3.05, 3.63) is 55.2 Å². The molecule has 0 aliphatic heterocycles. The zero-order valence-corrected chi connectivity index (χ0v) is 12.1. The van der Waals surface area contributed by atoms with Crippen molar-refractivity contribution in [1.82, 2.24) is 14.5 Å². The maximum absolute atomic E-state index is 13.4. The van der Waals surface area contributed by atoms with Crippen LogP contribution in [-0.2, 0) is 13.1 Å².